The van der Waals surface area contributed by atoms with Gasteiger partial charge in [-0.2, -0.15) is 0 Å². The van der Waals surface area contributed by atoms with Crippen LogP contribution in [0.5, 0.6) is 0 Å². The lowest BCUT2D eigenvalue weighted by Gasteiger charge is -2.31. The summed E-state index contributed by atoms with van der Waals surface area (Å²) in [7, 11) is 0. The summed E-state index contributed by atoms with van der Waals surface area (Å²) >= 11 is 0. The molecular formula is C17H26N2O2. The van der Waals surface area contributed by atoms with Crippen LogP contribution in [0.15, 0.2) is 24.3 Å². The van der Waals surface area contributed by atoms with E-state index in [2.05, 4.69) is 41.4 Å². The van der Waals surface area contributed by atoms with Gasteiger partial charge in [0.2, 0.25) is 5.91 Å². The van der Waals surface area contributed by atoms with Crippen LogP contribution in [0.3, 0.4) is 0 Å². The van der Waals surface area contributed by atoms with Gasteiger partial charge in [-0.05, 0) is 31.4 Å². The van der Waals surface area contributed by atoms with E-state index in [0.717, 1.165) is 26.1 Å². The van der Waals surface area contributed by atoms with E-state index in [9.17, 15) is 4.79 Å². The van der Waals surface area contributed by atoms with Crippen LogP contribution in [0.1, 0.15) is 31.4 Å². The number of hydrogen-bond acceptors (Lipinski definition) is 3. The van der Waals surface area contributed by atoms with E-state index in [0.29, 0.717) is 19.6 Å². The monoisotopic (exact) mass is 290 g/mol. The third-order valence-electron chi connectivity index (χ3n) is 3.83. The number of amides is 1. The largest absolute Gasteiger partial charge is 0.381 e. The second-order valence-electron chi connectivity index (χ2n) is 5.67. The van der Waals surface area contributed by atoms with Crippen molar-refractivity contribution in [2.24, 2.45) is 0 Å². The molecule has 0 bridgehead atoms. The predicted molar refractivity (Wildman–Crippen MR) is 84.1 cm³/mol. The minimum absolute atomic E-state index is 0.0772. The summed E-state index contributed by atoms with van der Waals surface area (Å²) in [5, 5.41) is 3.05. The standard InChI is InChI=1S/C17H26N2O2/c1-3-21-11-9-17(20)18-14(2)12-19-10-8-15-6-4-5-7-16(15)13-19/h4-7,14H,3,8-13H2,1-2H3,(H,18,20). The van der Waals surface area contributed by atoms with Gasteiger partial charge in [-0.15, -0.1) is 0 Å². The van der Waals surface area contributed by atoms with Crippen molar-refractivity contribution in [1.29, 1.82) is 0 Å². The van der Waals surface area contributed by atoms with E-state index in [1.54, 1.807) is 0 Å². The van der Waals surface area contributed by atoms with Gasteiger partial charge >= 0.3 is 0 Å². The second-order valence-corrected chi connectivity index (χ2v) is 5.67. The zero-order chi connectivity index (χ0) is 15.1. The van der Waals surface area contributed by atoms with Gasteiger partial charge in [-0.3, -0.25) is 9.69 Å². The number of nitrogens with one attached hydrogen (secondary N) is 1. The smallest absolute Gasteiger partial charge is 0.222 e. The first-order valence-corrected chi connectivity index (χ1v) is 7.85. The molecule has 21 heavy (non-hydrogen) atoms. The van der Waals surface area contributed by atoms with Crippen molar-refractivity contribution in [3.05, 3.63) is 35.4 Å². The highest BCUT2D eigenvalue weighted by Gasteiger charge is 2.18. The molecular weight excluding hydrogens is 264 g/mol. The highest BCUT2D eigenvalue weighted by atomic mass is 16.5. The first-order chi connectivity index (χ1) is 10.2. The fourth-order valence-electron chi connectivity index (χ4n) is 2.80. The Morgan fingerprint density at radius 3 is 2.90 bits per heavy atom. The van der Waals surface area contributed by atoms with Crippen molar-refractivity contribution in [1.82, 2.24) is 10.2 Å². The van der Waals surface area contributed by atoms with E-state index in [1.807, 2.05) is 6.92 Å². The first-order valence-electron chi connectivity index (χ1n) is 7.85. The third kappa shape index (κ3) is 5.14. The number of fused-ring (bicyclic) bond motifs is 1. The maximum absolute atomic E-state index is 11.8. The number of carbonyl (C=O) groups excluding carboxylic acids is 1. The molecule has 0 saturated carbocycles. The molecule has 0 radical (unpaired) electrons. The number of ether oxygens (including phenoxy) is 1. The normalized spacial score (nSPS) is 16.3. The van der Waals surface area contributed by atoms with Gasteiger partial charge in [-0.25, -0.2) is 0 Å². The van der Waals surface area contributed by atoms with Crippen LogP contribution in [-0.4, -0.2) is 43.2 Å². The summed E-state index contributed by atoms with van der Waals surface area (Å²) in [4.78, 5) is 14.2. The van der Waals surface area contributed by atoms with E-state index < -0.39 is 0 Å². The Morgan fingerprint density at radius 1 is 1.38 bits per heavy atom. The SMILES string of the molecule is CCOCCC(=O)NC(C)CN1CCc2ccccc2C1. The van der Waals surface area contributed by atoms with Crippen LogP contribution >= 0.6 is 0 Å². The van der Waals surface area contributed by atoms with Crippen molar-refractivity contribution in [3.63, 3.8) is 0 Å². The molecule has 1 aromatic carbocycles. The van der Waals surface area contributed by atoms with E-state index >= 15 is 0 Å². The van der Waals surface area contributed by atoms with Crippen LogP contribution < -0.4 is 5.32 Å². The van der Waals surface area contributed by atoms with Crippen molar-refractivity contribution >= 4 is 5.91 Å². The minimum atomic E-state index is 0.0772. The molecule has 0 fully saturated rings. The van der Waals surface area contributed by atoms with Crippen molar-refractivity contribution in [2.75, 3.05) is 26.3 Å². The van der Waals surface area contributed by atoms with Crippen LogP contribution in [0.25, 0.3) is 0 Å². The maximum Gasteiger partial charge on any atom is 0.222 e. The molecule has 0 aromatic heterocycles. The van der Waals surface area contributed by atoms with Gasteiger partial charge in [0.05, 0.1) is 6.61 Å². The summed E-state index contributed by atoms with van der Waals surface area (Å²) in [5.74, 6) is 0.0772. The average molecular weight is 290 g/mol. The van der Waals surface area contributed by atoms with Gasteiger partial charge < -0.3 is 10.1 Å². The fraction of sp³-hybridized carbons (Fsp3) is 0.588. The summed E-state index contributed by atoms with van der Waals surface area (Å²) in [6.45, 7) is 8.12. The zero-order valence-corrected chi connectivity index (χ0v) is 13.1. The molecule has 1 aliphatic rings. The number of carbonyl (C=O) groups is 1. The lowest BCUT2D eigenvalue weighted by Crippen LogP contribution is -2.43. The zero-order valence-electron chi connectivity index (χ0n) is 13.1. The summed E-state index contributed by atoms with van der Waals surface area (Å²) in [5.41, 5.74) is 2.88. The highest BCUT2D eigenvalue weighted by Crippen LogP contribution is 2.18. The Balaban J connectivity index is 1.74. The van der Waals surface area contributed by atoms with Crippen LogP contribution in [-0.2, 0) is 22.5 Å². The van der Waals surface area contributed by atoms with E-state index in [4.69, 9.17) is 4.74 Å². The second kappa shape index (κ2) is 8.15. The van der Waals surface area contributed by atoms with Gasteiger partial charge in [-0.1, -0.05) is 24.3 Å². The van der Waals surface area contributed by atoms with Crippen molar-refractivity contribution in [3.8, 4) is 0 Å². The molecule has 2 rings (SSSR count). The molecule has 1 amide bonds. The minimum Gasteiger partial charge on any atom is -0.381 e. The molecule has 1 unspecified atom stereocenters. The molecule has 4 heteroatoms. The molecule has 1 N–H and O–H groups in total. The van der Waals surface area contributed by atoms with Gasteiger partial charge in [0.15, 0.2) is 0 Å². The molecule has 116 valence electrons. The van der Waals surface area contributed by atoms with Gasteiger partial charge in [0, 0.05) is 38.7 Å². The lowest BCUT2D eigenvalue weighted by molar-refractivity contribution is -0.122. The lowest BCUT2D eigenvalue weighted by atomic mass is 10.00. The van der Waals surface area contributed by atoms with E-state index in [1.165, 1.54) is 11.1 Å². The Hall–Kier alpha value is -1.39. The van der Waals surface area contributed by atoms with Gasteiger partial charge in [0.25, 0.3) is 0 Å². The van der Waals surface area contributed by atoms with E-state index in [-0.39, 0.29) is 11.9 Å². The fourth-order valence-corrected chi connectivity index (χ4v) is 2.80. The number of hydrogen-bond donors (Lipinski definition) is 1. The van der Waals surface area contributed by atoms with Crippen LogP contribution in [0.4, 0.5) is 0 Å². The summed E-state index contributed by atoms with van der Waals surface area (Å²) in [6.07, 6.45) is 1.54. The first kappa shape index (κ1) is 16.0. The Labute approximate surface area is 127 Å². The Morgan fingerprint density at radius 2 is 2.14 bits per heavy atom. The molecule has 0 saturated heterocycles. The average Bonchev–Trinajstić information content (AvgIpc) is 2.47. The number of nitrogens with zero attached hydrogens (tertiary/aromatic N) is 1. The Bertz CT molecular complexity index is 462. The maximum atomic E-state index is 11.8. The molecule has 1 aromatic rings. The van der Waals surface area contributed by atoms with Crippen LogP contribution in [0.2, 0.25) is 0 Å². The van der Waals surface area contributed by atoms with Gasteiger partial charge in [0.1, 0.15) is 0 Å². The quantitative estimate of drug-likeness (QED) is 0.781. The third-order valence-corrected chi connectivity index (χ3v) is 3.83. The molecule has 4 nitrogen and oxygen atoms in total. The van der Waals surface area contributed by atoms with Crippen LogP contribution in [0, 0.1) is 0 Å². The number of benzene rings is 1. The molecule has 1 heterocycles. The molecule has 1 atom stereocenters. The molecule has 1 aliphatic heterocycles. The Kier molecular flexibility index (Phi) is 6.21. The number of rotatable bonds is 7. The molecule has 0 spiro atoms. The van der Waals surface area contributed by atoms with Crippen molar-refractivity contribution in [2.45, 2.75) is 39.3 Å². The molecule has 0 aliphatic carbocycles. The highest BCUT2D eigenvalue weighted by molar-refractivity contribution is 5.76. The summed E-state index contributed by atoms with van der Waals surface area (Å²) in [6, 6.07) is 8.79. The summed E-state index contributed by atoms with van der Waals surface area (Å²) < 4.78 is 5.20. The van der Waals surface area contributed by atoms with Crippen molar-refractivity contribution < 1.29 is 9.53 Å². The topological polar surface area (TPSA) is 41.6 Å². The predicted octanol–water partition coefficient (Wildman–Crippen LogP) is 1.98.